The number of nitrogens with one attached hydrogen (secondary N) is 2. The number of ketones is 1. The van der Waals surface area contributed by atoms with Crippen LogP contribution in [0.3, 0.4) is 0 Å². The van der Waals surface area contributed by atoms with Gasteiger partial charge in [0.15, 0.2) is 10.9 Å². The van der Waals surface area contributed by atoms with E-state index in [0.717, 1.165) is 0 Å². The molecule has 5 heteroatoms. The van der Waals surface area contributed by atoms with Gasteiger partial charge in [0.25, 0.3) is 0 Å². The third-order valence-corrected chi connectivity index (χ3v) is 2.19. The highest BCUT2D eigenvalue weighted by Gasteiger charge is 2.00. The first-order chi connectivity index (χ1) is 7.61. The first-order valence-electron chi connectivity index (χ1n) is 4.94. The Morgan fingerprint density at radius 2 is 2.00 bits per heavy atom. The molecule has 2 N–H and O–H groups in total. The summed E-state index contributed by atoms with van der Waals surface area (Å²) in [5, 5.41) is 5.98. The maximum atomic E-state index is 12.6. The standard InChI is InChI=1S/C11H13FN2OS/c1-2-10(15)7-13-11(16)14-9-5-3-8(12)4-6-9/h3-6H,2,7H2,1H3,(H2,13,14,16). The summed E-state index contributed by atoms with van der Waals surface area (Å²) >= 11 is 4.97. The Morgan fingerprint density at radius 1 is 1.38 bits per heavy atom. The molecule has 1 aromatic carbocycles. The molecule has 0 atom stereocenters. The summed E-state index contributed by atoms with van der Waals surface area (Å²) < 4.78 is 12.6. The summed E-state index contributed by atoms with van der Waals surface area (Å²) in [5.74, 6) is -0.214. The van der Waals surface area contributed by atoms with Gasteiger partial charge in [0.1, 0.15) is 5.82 Å². The van der Waals surface area contributed by atoms with E-state index in [1.54, 1.807) is 19.1 Å². The highest BCUT2D eigenvalue weighted by molar-refractivity contribution is 7.80. The number of benzene rings is 1. The van der Waals surface area contributed by atoms with Crippen LogP contribution in [-0.4, -0.2) is 17.4 Å². The van der Waals surface area contributed by atoms with Crippen LogP contribution in [0.4, 0.5) is 10.1 Å². The normalized spacial score (nSPS) is 9.62. The third kappa shape index (κ3) is 4.35. The predicted octanol–water partition coefficient (Wildman–Crippen LogP) is 2.09. The Labute approximate surface area is 99.0 Å². The van der Waals surface area contributed by atoms with E-state index in [2.05, 4.69) is 10.6 Å². The predicted molar refractivity (Wildman–Crippen MR) is 65.9 cm³/mol. The van der Waals surface area contributed by atoms with Crippen LogP contribution in [-0.2, 0) is 4.79 Å². The van der Waals surface area contributed by atoms with Gasteiger partial charge in [-0.15, -0.1) is 0 Å². The molecule has 3 nitrogen and oxygen atoms in total. The van der Waals surface area contributed by atoms with Crippen molar-refractivity contribution in [2.75, 3.05) is 11.9 Å². The maximum Gasteiger partial charge on any atom is 0.171 e. The lowest BCUT2D eigenvalue weighted by Crippen LogP contribution is -2.32. The second-order valence-corrected chi connectivity index (χ2v) is 3.62. The van der Waals surface area contributed by atoms with Crippen LogP contribution in [0.2, 0.25) is 0 Å². The number of carbonyl (C=O) groups is 1. The SMILES string of the molecule is CCC(=O)CNC(=S)Nc1ccc(F)cc1. The number of rotatable bonds is 4. The minimum absolute atomic E-state index is 0.0863. The molecule has 0 spiro atoms. The first-order valence-corrected chi connectivity index (χ1v) is 5.34. The number of carbonyl (C=O) groups excluding carboxylic acids is 1. The molecule has 16 heavy (non-hydrogen) atoms. The number of hydrogen-bond donors (Lipinski definition) is 2. The number of hydrogen-bond acceptors (Lipinski definition) is 2. The van der Waals surface area contributed by atoms with Crippen molar-refractivity contribution >= 4 is 28.8 Å². The monoisotopic (exact) mass is 240 g/mol. The van der Waals surface area contributed by atoms with Crippen LogP contribution in [0.15, 0.2) is 24.3 Å². The number of anilines is 1. The van der Waals surface area contributed by atoms with Gasteiger partial charge >= 0.3 is 0 Å². The molecular weight excluding hydrogens is 227 g/mol. The molecule has 0 saturated heterocycles. The summed E-state index contributed by atoms with van der Waals surface area (Å²) in [6, 6.07) is 5.82. The topological polar surface area (TPSA) is 41.1 Å². The summed E-state index contributed by atoms with van der Waals surface area (Å²) in [6.07, 6.45) is 0.478. The van der Waals surface area contributed by atoms with E-state index < -0.39 is 0 Å². The highest BCUT2D eigenvalue weighted by Crippen LogP contribution is 2.07. The minimum atomic E-state index is -0.300. The zero-order chi connectivity index (χ0) is 12.0. The quantitative estimate of drug-likeness (QED) is 0.791. The van der Waals surface area contributed by atoms with Crippen LogP contribution in [0.1, 0.15) is 13.3 Å². The van der Waals surface area contributed by atoms with Crippen LogP contribution in [0.25, 0.3) is 0 Å². The molecule has 0 amide bonds. The average molecular weight is 240 g/mol. The van der Waals surface area contributed by atoms with Crippen molar-refractivity contribution in [3.05, 3.63) is 30.1 Å². The lowest BCUT2D eigenvalue weighted by Gasteiger charge is -2.09. The van der Waals surface area contributed by atoms with Crippen LogP contribution in [0, 0.1) is 5.82 Å². The first kappa shape index (κ1) is 12.6. The fourth-order valence-electron chi connectivity index (χ4n) is 1.01. The van der Waals surface area contributed by atoms with Gasteiger partial charge in [-0.3, -0.25) is 4.79 Å². The molecule has 0 aliphatic heterocycles. The van der Waals surface area contributed by atoms with E-state index in [9.17, 15) is 9.18 Å². The fourth-order valence-corrected chi connectivity index (χ4v) is 1.20. The molecule has 0 aliphatic rings. The highest BCUT2D eigenvalue weighted by atomic mass is 32.1. The van der Waals surface area contributed by atoms with Crippen molar-refractivity contribution < 1.29 is 9.18 Å². The molecule has 0 saturated carbocycles. The van der Waals surface area contributed by atoms with Crippen molar-refractivity contribution in [3.63, 3.8) is 0 Å². The van der Waals surface area contributed by atoms with Gasteiger partial charge < -0.3 is 10.6 Å². The Kier molecular flexibility index (Phi) is 4.85. The maximum absolute atomic E-state index is 12.6. The number of thiocarbonyl (C=S) groups is 1. The van der Waals surface area contributed by atoms with Gasteiger partial charge in [-0.2, -0.15) is 0 Å². The molecular formula is C11H13FN2OS. The number of Topliss-reactive ketones (excluding diaryl/α,β-unsaturated/α-hetero) is 1. The van der Waals surface area contributed by atoms with Gasteiger partial charge in [0, 0.05) is 12.1 Å². The fraction of sp³-hybridized carbons (Fsp3) is 0.273. The van der Waals surface area contributed by atoms with Crippen LogP contribution >= 0.6 is 12.2 Å². The molecule has 0 fully saturated rings. The van der Waals surface area contributed by atoms with Gasteiger partial charge in [-0.25, -0.2) is 4.39 Å². The van der Waals surface area contributed by atoms with E-state index in [1.807, 2.05) is 0 Å². The molecule has 0 radical (unpaired) electrons. The van der Waals surface area contributed by atoms with E-state index in [4.69, 9.17) is 12.2 Å². The molecule has 0 aliphatic carbocycles. The van der Waals surface area contributed by atoms with E-state index in [-0.39, 0.29) is 18.1 Å². The summed E-state index contributed by atoms with van der Waals surface area (Å²) in [7, 11) is 0. The molecule has 86 valence electrons. The van der Waals surface area contributed by atoms with Crippen LogP contribution < -0.4 is 10.6 Å². The Morgan fingerprint density at radius 3 is 2.56 bits per heavy atom. The van der Waals surface area contributed by atoms with Gasteiger partial charge in [0.2, 0.25) is 0 Å². The molecule has 1 aromatic rings. The minimum Gasteiger partial charge on any atom is -0.355 e. The van der Waals surface area contributed by atoms with E-state index in [0.29, 0.717) is 17.2 Å². The van der Waals surface area contributed by atoms with Gasteiger partial charge in [0.05, 0.1) is 6.54 Å². The zero-order valence-corrected chi connectivity index (χ0v) is 9.73. The van der Waals surface area contributed by atoms with Crippen molar-refractivity contribution in [3.8, 4) is 0 Å². The molecule has 1 rings (SSSR count). The molecule has 0 bridgehead atoms. The zero-order valence-electron chi connectivity index (χ0n) is 8.92. The van der Waals surface area contributed by atoms with Crippen molar-refractivity contribution in [1.29, 1.82) is 0 Å². The number of halogens is 1. The molecule has 0 heterocycles. The Hall–Kier alpha value is -1.49. The van der Waals surface area contributed by atoms with E-state index >= 15 is 0 Å². The second-order valence-electron chi connectivity index (χ2n) is 3.21. The van der Waals surface area contributed by atoms with Gasteiger partial charge in [-0.05, 0) is 36.5 Å². The molecule has 0 aromatic heterocycles. The summed E-state index contributed by atoms with van der Waals surface area (Å²) in [5.41, 5.74) is 0.683. The lowest BCUT2D eigenvalue weighted by molar-refractivity contribution is -0.117. The largest absolute Gasteiger partial charge is 0.355 e. The lowest BCUT2D eigenvalue weighted by atomic mass is 10.3. The smallest absolute Gasteiger partial charge is 0.171 e. The summed E-state index contributed by atoms with van der Waals surface area (Å²) in [6.45, 7) is 2.00. The van der Waals surface area contributed by atoms with Crippen molar-refractivity contribution in [1.82, 2.24) is 5.32 Å². The van der Waals surface area contributed by atoms with Gasteiger partial charge in [-0.1, -0.05) is 6.92 Å². The second kappa shape index (κ2) is 6.17. The van der Waals surface area contributed by atoms with Crippen molar-refractivity contribution in [2.24, 2.45) is 0 Å². The average Bonchev–Trinajstić information content (AvgIpc) is 2.29. The third-order valence-electron chi connectivity index (χ3n) is 1.94. The molecule has 0 unspecified atom stereocenters. The Balaban J connectivity index is 2.40. The summed E-state index contributed by atoms with van der Waals surface area (Å²) in [4.78, 5) is 11.0. The van der Waals surface area contributed by atoms with E-state index in [1.165, 1.54) is 12.1 Å². The Bertz CT molecular complexity index is 378. The van der Waals surface area contributed by atoms with Crippen molar-refractivity contribution in [2.45, 2.75) is 13.3 Å². The van der Waals surface area contributed by atoms with Crippen LogP contribution in [0.5, 0.6) is 0 Å².